The molecule has 1 unspecified atom stereocenters. The van der Waals surface area contributed by atoms with Gasteiger partial charge >= 0.3 is 0 Å². The van der Waals surface area contributed by atoms with Gasteiger partial charge in [-0.2, -0.15) is 5.26 Å². The summed E-state index contributed by atoms with van der Waals surface area (Å²) < 4.78 is 27.1. The first kappa shape index (κ1) is 18.1. The number of hydrogen-bond acceptors (Lipinski definition) is 4. The van der Waals surface area contributed by atoms with E-state index in [4.69, 9.17) is 5.26 Å². The number of hydrogen-bond donors (Lipinski definition) is 1. The van der Waals surface area contributed by atoms with Crippen LogP contribution in [-0.4, -0.2) is 58.2 Å². The molecule has 2 saturated heterocycles. The Balaban J connectivity index is 1.48. The lowest BCUT2D eigenvalue weighted by Gasteiger charge is -2.40. The Morgan fingerprint density at radius 3 is 2.57 bits per heavy atom. The standard InChI is InChI=1S/C19H16F2N4O3/c20-19(21)5-12(6-22)25(10-19)17(27)11-8-24(9-11)18(28)15-7-23-16(26)14-4-2-1-3-13(14)15/h1-4,7,11-12H,5,8-10H2,(H,23,26). The Kier molecular flexibility index (Phi) is 4.14. The van der Waals surface area contributed by atoms with Crippen LogP contribution >= 0.6 is 0 Å². The molecular formula is C19H16F2N4O3. The van der Waals surface area contributed by atoms with Crippen LogP contribution in [0.3, 0.4) is 0 Å². The fourth-order valence-corrected chi connectivity index (χ4v) is 3.76. The lowest BCUT2D eigenvalue weighted by atomic mass is 9.96. The Labute approximate surface area is 158 Å². The van der Waals surface area contributed by atoms with Crippen molar-refractivity contribution in [2.45, 2.75) is 18.4 Å². The zero-order valence-electron chi connectivity index (χ0n) is 14.7. The summed E-state index contributed by atoms with van der Waals surface area (Å²) in [6.07, 6.45) is 0.683. The van der Waals surface area contributed by atoms with Gasteiger partial charge in [-0.15, -0.1) is 0 Å². The van der Waals surface area contributed by atoms with Crippen LogP contribution in [0.4, 0.5) is 8.78 Å². The summed E-state index contributed by atoms with van der Waals surface area (Å²) in [6.45, 7) is -0.588. The van der Waals surface area contributed by atoms with Gasteiger partial charge in [-0.3, -0.25) is 14.4 Å². The molecule has 2 amide bonds. The molecule has 0 spiro atoms. The Morgan fingerprint density at radius 1 is 1.21 bits per heavy atom. The summed E-state index contributed by atoms with van der Waals surface area (Å²) in [7, 11) is 0. The predicted molar refractivity (Wildman–Crippen MR) is 94.6 cm³/mol. The van der Waals surface area contributed by atoms with E-state index in [1.54, 1.807) is 30.3 Å². The highest BCUT2D eigenvalue weighted by molar-refractivity contribution is 6.07. The van der Waals surface area contributed by atoms with E-state index in [0.29, 0.717) is 16.3 Å². The fourth-order valence-electron chi connectivity index (χ4n) is 3.76. The minimum atomic E-state index is -3.07. The second kappa shape index (κ2) is 6.41. The van der Waals surface area contributed by atoms with Crippen LogP contribution in [0, 0.1) is 17.2 Å². The summed E-state index contributed by atoms with van der Waals surface area (Å²) in [4.78, 5) is 42.0. The maximum Gasteiger partial charge on any atom is 0.268 e. The molecule has 2 aliphatic rings. The van der Waals surface area contributed by atoms with Gasteiger partial charge in [0.25, 0.3) is 17.4 Å². The summed E-state index contributed by atoms with van der Waals surface area (Å²) in [5.41, 5.74) is 0.00465. The van der Waals surface area contributed by atoms with Crippen LogP contribution in [-0.2, 0) is 4.79 Å². The molecule has 1 atom stereocenters. The highest BCUT2D eigenvalue weighted by Crippen LogP contribution is 2.34. The lowest BCUT2D eigenvalue weighted by molar-refractivity contribution is -0.141. The number of likely N-dealkylation sites (tertiary alicyclic amines) is 2. The van der Waals surface area contributed by atoms with Gasteiger partial charge in [0, 0.05) is 36.5 Å². The van der Waals surface area contributed by atoms with Crippen LogP contribution in [0.5, 0.6) is 0 Å². The fraction of sp³-hybridized carbons (Fsp3) is 0.368. The molecule has 144 valence electrons. The van der Waals surface area contributed by atoms with Crippen molar-refractivity contribution in [3.05, 3.63) is 46.4 Å². The molecule has 0 bridgehead atoms. The number of aromatic nitrogens is 1. The second-order valence-electron chi connectivity index (χ2n) is 7.16. The zero-order chi connectivity index (χ0) is 20.1. The topological polar surface area (TPSA) is 97.3 Å². The number of pyridine rings is 1. The normalized spacial score (nSPS) is 21.4. The zero-order valence-corrected chi connectivity index (χ0v) is 14.7. The average molecular weight is 386 g/mol. The molecule has 0 radical (unpaired) electrons. The van der Waals surface area contributed by atoms with E-state index in [0.717, 1.165) is 4.90 Å². The van der Waals surface area contributed by atoms with Crippen molar-refractivity contribution in [2.75, 3.05) is 19.6 Å². The maximum absolute atomic E-state index is 13.5. The molecule has 0 saturated carbocycles. The van der Waals surface area contributed by atoms with Gasteiger partial charge in [0.1, 0.15) is 6.04 Å². The number of aromatic amines is 1. The Bertz CT molecular complexity index is 1070. The molecule has 1 aromatic carbocycles. The van der Waals surface area contributed by atoms with Crippen molar-refractivity contribution in [2.24, 2.45) is 5.92 Å². The number of nitrogens with one attached hydrogen (secondary N) is 1. The van der Waals surface area contributed by atoms with Gasteiger partial charge in [-0.1, -0.05) is 18.2 Å². The third kappa shape index (κ3) is 2.91. The van der Waals surface area contributed by atoms with Gasteiger partial charge in [-0.25, -0.2) is 8.78 Å². The van der Waals surface area contributed by atoms with Crippen LogP contribution in [0.25, 0.3) is 10.8 Å². The monoisotopic (exact) mass is 386 g/mol. The highest BCUT2D eigenvalue weighted by Gasteiger charge is 2.50. The van der Waals surface area contributed by atoms with Crippen molar-refractivity contribution in [1.82, 2.24) is 14.8 Å². The van der Waals surface area contributed by atoms with Gasteiger partial charge in [0.2, 0.25) is 5.91 Å². The van der Waals surface area contributed by atoms with E-state index in [1.165, 1.54) is 11.1 Å². The molecule has 28 heavy (non-hydrogen) atoms. The van der Waals surface area contributed by atoms with E-state index < -0.39 is 36.8 Å². The number of halogens is 2. The minimum absolute atomic E-state index is 0.0886. The molecule has 1 N–H and O–H groups in total. The summed E-state index contributed by atoms with van der Waals surface area (Å²) >= 11 is 0. The molecule has 2 fully saturated rings. The Hall–Kier alpha value is -3.28. The molecule has 0 aliphatic carbocycles. The van der Waals surface area contributed by atoms with E-state index in [1.807, 2.05) is 0 Å². The minimum Gasteiger partial charge on any atom is -0.337 e. The van der Waals surface area contributed by atoms with Crippen LogP contribution < -0.4 is 5.56 Å². The number of nitriles is 1. The van der Waals surface area contributed by atoms with Crippen LogP contribution in [0.2, 0.25) is 0 Å². The molecule has 3 heterocycles. The van der Waals surface area contributed by atoms with Crippen molar-refractivity contribution in [1.29, 1.82) is 5.26 Å². The molecule has 2 aromatic rings. The van der Waals surface area contributed by atoms with Crippen LogP contribution in [0.1, 0.15) is 16.8 Å². The molecule has 9 heteroatoms. The molecule has 7 nitrogen and oxygen atoms in total. The van der Waals surface area contributed by atoms with Crippen molar-refractivity contribution < 1.29 is 18.4 Å². The van der Waals surface area contributed by atoms with Crippen LogP contribution in [0.15, 0.2) is 35.3 Å². The van der Waals surface area contributed by atoms with E-state index >= 15 is 0 Å². The smallest absolute Gasteiger partial charge is 0.268 e. The van der Waals surface area contributed by atoms with E-state index in [-0.39, 0.29) is 24.6 Å². The quantitative estimate of drug-likeness (QED) is 0.843. The Morgan fingerprint density at radius 2 is 1.89 bits per heavy atom. The number of benzene rings is 1. The number of carbonyl (C=O) groups excluding carboxylic acids is 2. The largest absolute Gasteiger partial charge is 0.337 e. The van der Waals surface area contributed by atoms with E-state index in [9.17, 15) is 23.2 Å². The second-order valence-corrected chi connectivity index (χ2v) is 7.16. The molecule has 4 rings (SSSR count). The summed E-state index contributed by atoms with van der Waals surface area (Å²) in [5.74, 6) is -4.55. The van der Waals surface area contributed by atoms with Gasteiger partial charge < -0.3 is 14.8 Å². The van der Waals surface area contributed by atoms with Crippen molar-refractivity contribution >= 4 is 22.6 Å². The van der Waals surface area contributed by atoms with Gasteiger partial charge in [0.15, 0.2) is 0 Å². The predicted octanol–water partition coefficient (Wildman–Crippen LogP) is 1.36. The third-order valence-corrected chi connectivity index (χ3v) is 5.26. The van der Waals surface area contributed by atoms with E-state index in [2.05, 4.69) is 4.98 Å². The van der Waals surface area contributed by atoms with Crippen molar-refractivity contribution in [3.8, 4) is 6.07 Å². The number of alkyl halides is 2. The van der Waals surface area contributed by atoms with Gasteiger partial charge in [-0.05, 0) is 6.07 Å². The SMILES string of the molecule is N#CC1CC(F)(F)CN1C(=O)C1CN(C(=O)c2c[nH]c(=O)c3ccccc23)C1. The highest BCUT2D eigenvalue weighted by atomic mass is 19.3. The number of H-pyrrole nitrogens is 1. The van der Waals surface area contributed by atoms with Gasteiger partial charge in [0.05, 0.1) is 24.1 Å². The first-order chi connectivity index (χ1) is 13.3. The lowest BCUT2D eigenvalue weighted by Crippen LogP contribution is -2.57. The molecular weight excluding hydrogens is 370 g/mol. The number of rotatable bonds is 2. The summed E-state index contributed by atoms with van der Waals surface area (Å²) in [6, 6.07) is 7.31. The number of carbonyl (C=O) groups is 2. The maximum atomic E-state index is 13.5. The third-order valence-electron chi connectivity index (χ3n) is 5.26. The number of amides is 2. The number of nitrogens with zero attached hydrogens (tertiary/aromatic N) is 3. The summed E-state index contributed by atoms with van der Waals surface area (Å²) in [5, 5.41) is 9.93. The average Bonchev–Trinajstić information content (AvgIpc) is 2.95. The number of fused-ring (bicyclic) bond motifs is 1. The molecule has 2 aliphatic heterocycles. The first-order valence-corrected chi connectivity index (χ1v) is 8.78. The molecule has 1 aromatic heterocycles. The first-order valence-electron chi connectivity index (χ1n) is 8.78. The van der Waals surface area contributed by atoms with Crippen molar-refractivity contribution in [3.63, 3.8) is 0 Å².